The highest BCUT2D eigenvalue weighted by Crippen LogP contribution is 2.28. The third kappa shape index (κ3) is 3.06. The van der Waals surface area contributed by atoms with E-state index in [-0.39, 0.29) is 6.04 Å². The van der Waals surface area contributed by atoms with Crippen molar-refractivity contribution in [3.8, 4) is 0 Å². The van der Waals surface area contributed by atoms with Gasteiger partial charge in [-0.2, -0.15) is 0 Å². The lowest BCUT2D eigenvalue weighted by Crippen LogP contribution is -2.30. The first-order valence-electron chi connectivity index (χ1n) is 6.82. The van der Waals surface area contributed by atoms with Gasteiger partial charge in [-0.1, -0.05) is 33.1 Å². The van der Waals surface area contributed by atoms with Crippen LogP contribution < -0.4 is 5.73 Å². The molecule has 0 bridgehead atoms. The van der Waals surface area contributed by atoms with Crippen LogP contribution in [0.4, 0.5) is 0 Å². The van der Waals surface area contributed by atoms with Crippen molar-refractivity contribution in [2.45, 2.75) is 64.5 Å². The van der Waals surface area contributed by atoms with Crippen molar-refractivity contribution in [2.24, 2.45) is 11.7 Å². The molecule has 4 nitrogen and oxygen atoms in total. The maximum atomic E-state index is 6.13. The quantitative estimate of drug-likeness (QED) is 0.872. The second-order valence-electron chi connectivity index (χ2n) is 5.56. The number of nitrogens with two attached hydrogens (primary N) is 1. The van der Waals surface area contributed by atoms with Crippen LogP contribution in [0.2, 0.25) is 0 Å². The molecule has 96 valence electrons. The fourth-order valence-corrected chi connectivity index (χ4v) is 2.52. The maximum absolute atomic E-state index is 6.13. The minimum absolute atomic E-state index is 0.182. The van der Waals surface area contributed by atoms with Crippen LogP contribution in [-0.4, -0.2) is 20.8 Å². The lowest BCUT2D eigenvalue weighted by atomic mass is 9.95. The van der Waals surface area contributed by atoms with Gasteiger partial charge in [-0.25, -0.2) is 0 Å². The van der Waals surface area contributed by atoms with Gasteiger partial charge in [0.1, 0.15) is 12.2 Å². The Morgan fingerprint density at radius 2 is 2.06 bits per heavy atom. The fourth-order valence-electron chi connectivity index (χ4n) is 2.52. The van der Waals surface area contributed by atoms with Crippen LogP contribution in [0.25, 0.3) is 0 Å². The summed E-state index contributed by atoms with van der Waals surface area (Å²) < 4.78 is 2.27. The molecule has 1 aliphatic rings. The molecule has 0 saturated heterocycles. The van der Waals surface area contributed by atoms with E-state index in [1.54, 1.807) is 0 Å². The molecule has 0 amide bonds. The Morgan fingerprint density at radius 1 is 1.35 bits per heavy atom. The van der Waals surface area contributed by atoms with Crippen molar-refractivity contribution in [2.75, 3.05) is 0 Å². The fraction of sp³-hybridized carbons (Fsp3) is 0.846. The molecule has 1 aromatic rings. The van der Waals surface area contributed by atoms with Crippen LogP contribution in [0, 0.1) is 5.92 Å². The third-order valence-corrected chi connectivity index (χ3v) is 3.89. The Labute approximate surface area is 104 Å². The number of hydrogen-bond donors (Lipinski definition) is 1. The third-order valence-electron chi connectivity index (χ3n) is 3.89. The summed E-state index contributed by atoms with van der Waals surface area (Å²) in [4.78, 5) is 0. The second-order valence-corrected chi connectivity index (χ2v) is 5.56. The molecule has 1 fully saturated rings. The van der Waals surface area contributed by atoms with E-state index >= 15 is 0 Å². The molecule has 1 unspecified atom stereocenters. The van der Waals surface area contributed by atoms with Gasteiger partial charge in [0, 0.05) is 18.5 Å². The van der Waals surface area contributed by atoms with Crippen LogP contribution >= 0.6 is 0 Å². The molecular formula is C13H24N4. The normalized spacial score (nSPS) is 19.8. The summed E-state index contributed by atoms with van der Waals surface area (Å²) in [5.41, 5.74) is 6.13. The standard InChI is InChI=1S/C13H24N4/c1-10(2)12(14)8-13-16-15-9-17(13)11-6-4-3-5-7-11/h9-12H,3-8,14H2,1-2H3. The van der Waals surface area contributed by atoms with Crippen molar-refractivity contribution < 1.29 is 0 Å². The number of nitrogens with zero attached hydrogens (tertiary/aromatic N) is 3. The maximum Gasteiger partial charge on any atom is 0.134 e. The highest BCUT2D eigenvalue weighted by molar-refractivity contribution is 4.94. The number of hydrogen-bond acceptors (Lipinski definition) is 3. The number of rotatable bonds is 4. The molecule has 4 heteroatoms. The van der Waals surface area contributed by atoms with Gasteiger partial charge in [0.25, 0.3) is 0 Å². The highest BCUT2D eigenvalue weighted by atomic mass is 15.3. The van der Waals surface area contributed by atoms with Gasteiger partial charge >= 0.3 is 0 Å². The van der Waals surface area contributed by atoms with Gasteiger partial charge in [-0.05, 0) is 18.8 Å². The Morgan fingerprint density at radius 3 is 2.71 bits per heavy atom. The zero-order chi connectivity index (χ0) is 12.3. The van der Waals surface area contributed by atoms with Crippen molar-refractivity contribution in [3.63, 3.8) is 0 Å². The van der Waals surface area contributed by atoms with E-state index in [2.05, 4.69) is 28.6 Å². The molecule has 1 aliphatic carbocycles. The average Bonchev–Trinajstić information content (AvgIpc) is 2.78. The molecule has 2 rings (SSSR count). The largest absolute Gasteiger partial charge is 0.327 e. The first-order chi connectivity index (χ1) is 8.18. The number of aromatic nitrogens is 3. The van der Waals surface area contributed by atoms with Crippen molar-refractivity contribution in [1.29, 1.82) is 0 Å². The van der Waals surface area contributed by atoms with E-state index in [0.29, 0.717) is 12.0 Å². The Hall–Kier alpha value is -0.900. The molecule has 0 aromatic carbocycles. The van der Waals surface area contributed by atoms with Crippen LogP contribution in [0.1, 0.15) is 57.8 Å². The van der Waals surface area contributed by atoms with Gasteiger partial charge in [-0.3, -0.25) is 0 Å². The second kappa shape index (κ2) is 5.63. The Balaban J connectivity index is 2.05. The van der Waals surface area contributed by atoms with Crippen LogP contribution in [0.3, 0.4) is 0 Å². The summed E-state index contributed by atoms with van der Waals surface area (Å²) in [6.07, 6.45) is 9.30. The van der Waals surface area contributed by atoms with Gasteiger partial charge in [0.15, 0.2) is 0 Å². The van der Waals surface area contributed by atoms with Gasteiger partial charge in [0.05, 0.1) is 0 Å². The Kier molecular flexibility index (Phi) is 4.15. The summed E-state index contributed by atoms with van der Waals surface area (Å²) >= 11 is 0. The molecule has 1 aromatic heterocycles. The van der Waals surface area contributed by atoms with Crippen LogP contribution in [-0.2, 0) is 6.42 Å². The SMILES string of the molecule is CC(C)C(N)Cc1nncn1C1CCCCC1. The lowest BCUT2D eigenvalue weighted by Gasteiger charge is -2.25. The predicted molar refractivity (Wildman–Crippen MR) is 68.7 cm³/mol. The molecule has 1 atom stereocenters. The molecular weight excluding hydrogens is 212 g/mol. The molecule has 0 radical (unpaired) electrons. The zero-order valence-electron chi connectivity index (χ0n) is 11.0. The molecule has 2 N–H and O–H groups in total. The minimum atomic E-state index is 0.182. The van der Waals surface area contributed by atoms with E-state index < -0.39 is 0 Å². The summed E-state index contributed by atoms with van der Waals surface area (Å²) in [5, 5.41) is 8.31. The lowest BCUT2D eigenvalue weighted by molar-refractivity contribution is 0.340. The molecule has 0 spiro atoms. The molecule has 0 aliphatic heterocycles. The van der Waals surface area contributed by atoms with Crippen molar-refractivity contribution in [3.05, 3.63) is 12.2 Å². The molecule has 1 heterocycles. The van der Waals surface area contributed by atoms with E-state index in [0.717, 1.165) is 12.2 Å². The Bertz CT molecular complexity index is 339. The van der Waals surface area contributed by atoms with Crippen molar-refractivity contribution >= 4 is 0 Å². The van der Waals surface area contributed by atoms with Gasteiger partial charge in [0.2, 0.25) is 0 Å². The molecule has 1 saturated carbocycles. The van der Waals surface area contributed by atoms with Crippen LogP contribution in [0.15, 0.2) is 6.33 Å². The average molecular weight is 236 g/mol. The van der Waals surface area contributed by atoms with E-state index in [9.17, 15) is 0 Å². The summed E-state index contributed by atoms with van der Waals surface area (Å²) in [6, 6.07) is 0.787. The summed E-state index contributed by atoms with van der Waals surface area (Å²) in [7, 11) is 0. The summed E-state index contributed by atoms with van der Waals surface area (Å²) in [5.74, 6) is 1.56. The summed E-state index contributed by atoms with van der Waals surface area (Å²) in [6.45, 7) is 4.32. The smallest absolute Gasteiger partial charge is 0.134 e. The first kappa shape index (κ1) is 12.6. The predicted octanol–water partition coefficient (Wildman–Crippen LogP) is 2.31. The highest BCUT2D eigenvalue weighted by Gasteiger charge is 2.20. The van der Waals surface area contributed by atoms with E-state index in [4.69, 9.17) is 5.73 Å². The first-order valence-corrected chi connectivity index (χ1v) is 6.82. The zero-order valence-corrected chi connectivity index (χ0v) is 11.0. The topological polar surface area (TPSA) is 56.7 Å². The van der Waals surface area contributed by atoms with E-state index in [1.807, 2.05) is 6.33 Å². The van der Waals surface area contributed by atoms with E-state index in [1.165, 1.54) is 32.1 Å². The van der Waals surface area contributed by atoms with Crippen molar-refractivity contribution in [1.82, 2.24) is 14.8 Å². The van der Waals surface area contributed by atoms with Gasteiger partial charge < -0.3 is 10.3 Å². The molecule has 17 heavy (non-hydrogen) atoms. The van der Waals surface area contributed by atoms with Crippen LogP contribution in [0.5, 0.6) is 0 Å². The van der Waals surface area contributed by atoms with Gasteiger partial charge in [-0.15, -0.1) is 10.2 Å². The minimum Gasteiger partial charge on any atom is -0.327 e. The monoisotopic (exact) mass is 236 g/mol.